The quantitative estimate of drug-likeness (QED) is 0.407. The van der Waals surface area contributed by atoms with Gasteiger partial charge >= 0.3 is 5.97 Å². The summed E-state index contributed by atoms with van der Waals surface area (Å²) >= 11 is 7.50. The van der Waals surface area contributed by atoms with E-state index in [1.807, 2.05) is 36.4 Å². The molecule has 8 heteroatoms. The lowest BCUT2D eigenvalue weighted by atomic mass is 10.0. The molecule has 2 aromatic carbocycles. The van der Waals surface area contributed by atoms with Crippen LogP contribution < -0.4 is 0 Å². The largest absolute Gasteiger partial charge is 0.507 e. The number of nitrogens with zero attached hydrogens (tertiary/aromatic N) is 2. The van der Waals surface area contributed by atoms with Crippen LogP contribution in [-0.4, -0.2) is 36.9 Å². The van der Waals surface area contributed by atoms with E-state index in [1.54, 1.807) is 18.2 Å². The number of halogens is 1. The van der Waals surface area contributed by atoms with Crippen molar-refractivity contribution in [1.29, 1.82) is 0 Å². The number of hydrogen-bond acceptors (Lipinski definition) is 5. The summed E-state index contributed by atoms with van der Waals surface area (Å²) in [6.45, 7) is 0. The van der Waals surface area contributed by atoms with E-state index in [-0.39, 0.29) is 11.5 Å². The van der Waals surface area contributed by atoms with E-state index in [2.05, 4.69) is 15.0 Å². The normalized spacial score (nSPS) is 11.0. The van der Waals surface area contributed by atoms with Crippen LogP contribution in [0.25, 0.3) is 33.5 Å². The number of para-hydroxylation sites is 1. The number of carboxylic acid groups (broad SMARTS) is 1. The number of carbonyl (C=O) groups is 1. The van der Waals surface area contributed by atoms with E-state index in [1.165, 1.54) is 0 Å². The van der Waals surface area contributed by atoms with Crippen LogP contribution in [0.15, 0.2) is 59.8 Å². The van der Waals surface area contributed by atoms with Crippen molar-refractivity contribution in [1.82, 2.24) is 15.0 Å². The van der Waals surface area contributed by atoms with Gasteiger partial charge in [-0.1, -0.05) is 65.8 Å². The molecule has 0 aliphatic carbocycles. The number of carboxylic acids is 1. The summed E-state index contributed by atoms with van der Waals surface area (Å²) in [6.07, 6.45) is 0. The standard InChI is InChI=1S/C20H14ClN3O3S/c21-14-9-15-19(24-20(22-15)28-10-17(26)27)23-18(14)12-7-5-11(6-8-12)13-3-1-2-4-16(13)25/h1-9,25H,10H2,(H,26,27)(H,22,23,24). The second kappa shape index (κ2) is 7.53. The second-order valence-electron chi connectivity index (χ2n) is 6.01. The van der Waals surface area contributed by atoms with Gasteiger partial charge in [0.2, 0.25) is 0 Å². The van der Waals surface area contributed by atoms with Crippen molar-refractivity contribution in [3.05, 3.63) is 59.6 Å². The number of benzene rings is 2. The number of hydrogen-bond donors (Lipinski definition) is 3. The Kier molecular flexibility index (Phi) is 4.93. The zero-order valence-corrected chi connectivity index (χ0v) is 16.0. The Bertz CT molecular complexity index is 1180. The van der Waals surface area contributed by atoms with Gasteiger partial charge in [0.25, 0.3) is 0 Å². The van der Waals surface area contributed by atoms with E-state index < -0.39 is 5.97 Å². The number of rotatable bonds is 5. The highest BCUT2D eigenvalue weighted by molar-refractivity contribution is 7.99. The predicted octanol–water partition coefficient (Wildman–Crippen LogP) is 4.83. The van der Waals surface area contributed by atoms with Crippen LogP contribution in [0.1, 0.15) is 0 Å². The molecule has 0 amide bonds. The van der Waals surface area contributed by atoms with Crippen LogP contribution in [-0.2, 0) is 4.79 Å². The van der Waals surface area contributed by atoms with Crippen LogP contribution in [0, 0.1) is 0 Å². The third kappa shape index (κ3) is 3.67. The van der Waals surface area contributed by atoms with Gasteiger partial charge in [0.1, 0.15) is 5.75 Å². The molecule has 140 valence electrons. The number of aliphatic carboxylic acids is 1. The molecule has 0 aliphatic heterocycles. The zero-order valence-electron chi connectivity index (χ0n) is 14.4. The fourth-order valence-electron chi connectivity index (χ4n) is 2.82. The molecular weight excluding hydrogens is 398 g/mol. The minimum atomic E-state index is -0.915. The van der Waals surface area contributed by atoms with Gasteiger partial charge in [-0.15, -0.1) is 0 Å². The van der Waals surface area contributed by atoms with Crippen molar-refractivity contribution in [2.24, 2.45) is 0 Å². The highest BCUT2D eigenvalue weighted by Crippen LogP contribution is 2.33. The fraction of sp³-hybridized carbons (Fsp3) is 0.0500. The zero-order chi connectivity index (χ0) is 19.7. The van der Waals surface area contributed by atoms with Gasteiger partial charge in [-0.05, 0) is 17.7 Å². The molecule has 0 fully saturated rings. The van der Waals surface area contributed by atoms with Gasteiger partial charge in [0.15, 0.2) is 10.8 Å². The number of thioether (sulfide) groups is 1. The van der Waals surface area contributed by atoms with Crippen molar-refractivity contribution >= 4 is 40.5 Å². The number of aromatic amines is 1. The molecule has 28 heavy (non-hydrogen) atoms. The summed E-state index contributed by atoms with van der Waals surface area (Å²) in [7, 11) is 0. The maximum atomic E-state index is 10.7. The molecule has 0 radical (unpaired) electrons. The fourth-order valence-corrected chi connectivity index (χ4v) is 3.68. The first-order valence-electron chi connectivity index (χ1n) is 8.31. The Balaban J connectivity index is 1.67. The van der Waals surface area contributed by atoms with Crippen LogP contribution >= 0.6 is 23.4 Å². The lowest BCUT2D eigenvalue weighted by Crippen LogP contribution is -1.97. The molecule has 6 nitrogen and oxygen atoms in total. The van der Waals surface area contributed by atoms with Gasteiger partial charge in [0.05, 0.1) is 22.0 Å². The summed E-state index contributed by atoms with van der Waals surface area (Å²) in [4.78, 5) is 22.6. The number of aromatic hydroxyl groups is 1. The smallest absolute Gasteiger partial charge is 0.313 e. The third-order valence-corrected chi connectivity index (χ3v) is 5.26. The number of nitrogens with one attached hydrogen (secondary N) is 1. The maximum Gasteiger partial charge on any atom is 0.313 e. The van der Waals surface area contributed by atoms with Crippen LogP contribution in [0.2, 0.25) is 5.02 Å². The van der Waals surface area contributed by atoms with E-state index in [0.717, 1.165) is 28.5 Å². The molecule has 4 rings (SSSR count). The van der Waals surface area contributed by atoms with Crippen molar-refractivity contribution < 1.29 is 15.0 Å². The molecule has 0 bridgehead atoms. The summed E-state index contributed by atoms with van der Waals surface area (Å²) in [6, 6.07) is 16.4. The first-order valence-corrected chi connectivity index (χ1v) is 9.67. The van der Waals surface area contributed by atoms with Crippen LogP contribution in [0.3, 0.4) is 0 Å². The molecule has 2 aromatic heterocycles. The minimum absolute atomic E-state index is 0.0891. The van der Waals surface area contributed by atoms with Gasteiger partial charge in [0, 0.05) is 11.1 Å². The summed E-state index contributed by atoms with van der Waals surface area (Å²) < 4.78 is 0. The number of pyridine rings is 1. The molecule has 2 heterocycles. The SMILES string of the molecule is O=C(O)CSc1nc2nc(-c3ccc(-c4ccccc4O)cc3)c(Cl)cc2[nH]1. The Hall–Kier alpha value is -3.03. The number of phenolic OH excluding ortho intramolecular Hbond substituents is 1. The summed E-state index contributed by atoms with van der Waals surface area (Å²) in [5.41, 5.74) is 4.14. The lowest BCUT2D eigenvalue weighted by molar-refractivity contribution is -0.133. The Morgan fingerprint density at radius 3 is 2.50 bits per heavy atom. The van der Waals surface area contributed by atoms with E-state index >= 15 is 0 Å². The van der Waals surface area contributed by atoms with Crippen molar-refractivity contribution in [2.45, 2.75) is 5.16 Å². The molecule has 0 saturated carbocycles. The summed E-state index contributed by atoms with van der Waals surface area (Å²) in [5, 5.41) is 19.7. The first kappa shape index (κ1) is 18.3. The Morgan fingerprint density at radius 1 is 1.07 bits per heavy atom. The summed E-state index contributed by atoms with van der Waals surface area (Å²) in [5.74, 6) is -0.786. The van der Waals surface area contributed by atoms with Crippen molar-refractivity contribution in [3.63, 3.8) is 0 Å². The number of imidazole rings is 1. The maximum absolute atomic E-state index is 10.7. The molecule has 0 saturated heterocycles. The number of H-pyrrole nitrogens is 1. The molecule has 0 spiro atoms. The number of phenols is 1. The Morgan fingerprint density at radius 2 is 1.79 bits per heavy atom. The molecule has 3 N–H and O–H groups in total. The molecule has 0 atom stereocenters. The lowest BCUT2D eigenvalue weighted by Gasteiger charge is -2.07. The van der Waals surface area contributed by atoms with E-state index in [9.17, 15) is 9.90 Å². The van der Waals surface area contributed by atoms with Gasteiger partial charge in [-0.2, -0.15) is 0 Å². The van der Waals surface area contributed by atoms with Crippen LogP contribution in [0.4, 0.5) is 0 Å². The molecule has 0 aliphatic rings. The third-order valence-electron chi connectivity index (χ3n) is 4.11. The van der Waals surface area contributed by atoms with Crippen LogP contribution in [0.5, 0.6) is 5.75 Å². The van der Waals surface area contributed by atoms with E-state index in [4.69, 9.17) is 16.7 Å². The highest BCUT2D eigenvalue weighted by Gasteiger charge is 2.13. The van der Waals surface area contributed by atoms with Gasteiger partial charge in [-0.3, -0.25) is 4.79 Å². The number of aromatic nitrogens is 3. The highest BCUT2D eigenvalue weighted by atomic mass is 35.5. The molecule has 4 aromatic rings. The van der Waals surface area contributed by atoms with E-state index in [0.29, 0.717) is 27.0 Å². The van der Waals surface area contributed by atoms with Gasteiger partial charge < -0.3 is 15.2 Å². The molecular formula is C20H14ClN3O3S. The van der Waals surface area contributed by atoms with Crippen molar-refractivity contribution in [2.75, 3.05) is 5.75 Å². The monoisotopic (exact) mass is 411 g/mol. The topological polar surface area (TPSA) is 99.1 Å². The average molecular weight is 412 g/mol. The van der Waals surface area contributed by atoms with Gasteiger partial charge in [-0.25, -0.2) is 9.97 Å². The minimum Gasteiger partial charge on any atom is -0.507 e. The Labute approximate surface area is 169 Å². The van der Waals surface area contributed by atoms with Crippen molar-refractivity contribution in [3.8, 4) is 28.1 Å². The average Bonchev–Trinajstić information content (AvgIpc) is 3.08. The molecule has 0 unspecified atom stereocenters. The number of fused-ring (bicyclic) bond motifs is 1. The second-order valence-corrected chi connectivity index (χ2v) is 7.38. The first-order chi connectivity index (χ1) is 13.5. The predicted molar refractivity (Wildman–Crippen MR) is 110 cm³/mol.